The fraction of sp³-hybridized carbons (Fsp3) is 0.308. The van der Waals surface area contributed by atoms with Gasteiger partial charge in [-0.1, -0.05) is 12.1 Å². The van der Waals surface area contributed by atoms with Gasteiger partial charge in [0.1, 0.15) is 5.75 Å². The molecule has 0 unspecified atom stereocenters. The Morgan fingerprint density at radius 3 is 2.62 bits per heavy atom. The van der Waals surface area contributed by atoms with E-state index in [1.807, 2.05) is 0 Å². The first kappa shape index (κ1) is 12.1. The van der Waals surface area contributed by atoms with Crippen molar-refractivity contribution in [2.75, 3.05) is 6.61 Å². The molecule has 1 aromatic rings. The molecule has 0 atom stereocenters. The maximum absolute atomic E-state index is 10.5. The third-order valence-corrected chi connectivity index (χ3v) is 1.95. The molecule has 0 fully saturated rings. The molecule has 1 aromatic carbocycles. The minimum Gasteiger partial charge on any atom is -0.493 e. The highest BCUT2D eigenvalue weighted by Crippen LogP contribution is 2.12. The number of carboxylic acids is 1. The highest BCUT2D eigenvalue weighted by molar-refractivity contribution is 5.70. The Balaban J connectivity index is 2.43. The Morgan fingerprint density at radius 1 is 1.38 bits per heavy atom. The lowest BCUT2D eigenvalue weighted by Gasteiger charge is -2.04. The fourth-order valence-electron chi connectivity index (χ4n) is 1.22. The quantitative estimate of drug-likeness (QED) is 0.608. The summed E-state index contributed by atoms with van der Waals surface area (Å²) in [5.74, 6) is 5.61. The van der Waals surface area contributed by atoms with Gasteiger partial charge >= 0.3 is 5.97 Å². The highest BCUT2D eigenvalue weighted by Gasteiger charge is 2.00. The number of ether oxygens (including phenoxy) is 1. The molecule has 0 radical (unpaired) electrons. The second-order valence-electron chi connectivity index (χ2n) is 3.24. The van der Waals surface area contributed by atoms with E-state index in [-0.39, 0.29) is 6.42 Å². The van der Waals surface area contributed by atoms with Gasteiger partial charge in [-0.3, -0.25) is 4.79 Å². The van der Waals surface area contributed by atoms with Crippen molar-refractivity contribution < 1.29 is 14.6 Å². The molecule has 16 heavy (non-hydrogen) atoms. The topological polar surface area (TPSA) is 46.5 Å². The molecule has 3 heteroatoms. The van der Waals surface area contributed by atoms with Gasteiger partial charge in [0.2, 0.25) is 0 Å². The number of hydrogen-bond donors (Lipinski definition) is 1. The van der Waals surface area contributed by atoms with Gasteiger partial charge in [-0.05, 0) is 24.6 Å². The average molecular weight is 218 g/mol. The highest BCUT2D eigenvalue weighted by atomic mass is 16.5. The normalized spacial score (nSPS) is 9.06. The molecule has 1 N–H and O–H groups in total. The summed E-state index contributed by atoms with van der Waals surface area (Å²) in [6.45, 7) is 2.35. The summed E-state index contributed by atoms with van der Waals surface area (Å²) in [6, 6.07) is 7.07. The van der Waals surface area contributed by atoms with Crippen molar-refractivity contribution in [2.45, 2.75) is 19.8 Å². The number of aliphatic carboxylic acids is 1. The van der Waals surface area contributed by atoms with Crippen LogP contribution in [-0.4, -0.2) is 17.7 Å². The van der Waals surface area contributed by atoms with Crippen LogP contribution in [0.3, 0.4) is 0 Å². The van der Waals surface area contributed by atoms with Crippen LogP contribution in [-0.2, 0) is 11.2 Å². The first-order valence-electron chi connectivity index (χ1n) is 5.05. The van der Waals surface area contributed by atoms with Crippen molar-refractivity contribution in [3.05, 3.63) is 29.8 Å². The Kier molecular flexibility index (Phi) is 4.94. The van der Waals surface area contributed by atoms with Gasteiger partial charge in [0.25, 0.3) is 0 Å². The van der Waals surface area contributed by atoms with E-state index in [1.165, 1.54) is 0 Å². The lowest BCUT2D eigenvalue weighted by atomic mass is 10.1. The van der Waals surface area contributed by atoms with Crippen LogP contribution in [0.15, 0.2) is 24.3 Å². The van der Waals surface area contributed by atoms with Crippen LogP contribution in [0.4, 0.5) is 0 Å². The van der Waals surface area contributed by atoms with Crippen LogP contribution in [0, 0.1) is 11.8 Å². The monoisotopic (exact) mass is 218 g/mol. The van der Waals surface area contributed by atoms with Gasteiger partial charge < -0.3 is 9.84 Å². The maximum atomic E-state index is 10.5. The van der Waals surface area contributed by atoms with Gasteiger partial charge in [0.15, 0.2) is 0 Å². The molecule has 0 aliphatic rings. The molecule has 1 rings (SSSR count). The Labute approximate surface area is 95.1 Å². The molecule has 3 nitrogen and oxygen atoms in total. The number of benzene rings is 1. The van der Waals surface area contributed by atoms with Crippen LogP contribution >= 0.6 is 0 Å². The van der Waals surface area contributed by atoms with E-state index in [4.69, 9.17) is 9.84 Å². The van der Waals surface area contributed by atoms with Crippen molar-refractivity contribution in [1.82, 2.24) is 0 Å². The molecule has 0 aliphatic carbocycles. The molecule has 0 aliphatic heterocycles. The lowest BCUT2D eigenvalue weighted by molar-refractivity contribution is -0.136. The summed E-state index contributed by atoms with van der Waals surface area (Å²) in [7, 11) is 0. The summed E-state index contributed by atoms with van der Waals surface area (Å²) in [4.78, 5) is 10.5. The molecule has 0 saturated heterocycles. The van der Waals surface area contributed by atoms with E-state index in [9.17, 15) is 4.79 Å². The number of hydrogen-bond acceptors (Lipinski definition) is 2. The van der Waals surface area contributed by atoms with Crippen molar-refractivity contribution in [3.63, 3.8) is 0 Å². The minimum absolute atomic E-state index is 0.0432. The third kappa shape index (κ3) is 4.52. The predicted molar refractivity (Wildman–Crippen MR) is 61.3 cm³/mol. The van der Waals surface area contributed by atoms with Crippen LogP contribution < -0.4 is 4.74 Å². The zero-order chi connectivity index (χ0) is 11.8. The Morgan fingerprint density at radius 2 is 2.06 bits per heavy atom. The van der Waals surface area contributed by atoms with Gasteiger partial charge in [0.05, 0.1) is 13.0 Å². The van der Waals surface area contributed by atoms with Crippen LogP contribution in [0.5, 0.6) is 5.75 Å². The second-order valence-corrected chi connectivity index (χ2v) is 3.24. The molecule has 0 heterocycles. The molecule has 0 bridgehead atoms. The molecule has 0 saturated carbocycles. The van der Waals surface area contributed by atoms with Gasteiger partial charge in [-0.25, -0.2) is 0 Å². The molecule has 0 aromatic heterocycles. The average Bonchev–Trinajstić information content (AvgIpc) is 2.26. The third-order valence-electron chi connectivity index (χ3n) is 1.95. The van der Waals surface area contributed by atoms with E-state index in [0.717, 1.165) is 11.3 Å². The number of rotatable bonds is 5. The summed E-state index contributed by atoms with van der Waals surface area (Å²) in [5.41, 5.74) is 0.771. The summed E-state index contributed by atoms with van der Waals surface area (Å²) in [6.07, 6.45) is 0.745. The van der Waals surface area contributed by atoms with E-state index < -0.39 is 5.97 Å². The first-order valence-corrected chi connectivity index (χ1v) is 5.05. The summed E-state index contributed by atoms with van der Waals surface area (Å²) >= 11 is 0. The Hall–Kier alpha value is -1.95. The molecule has 0 spiro atoms. The SMILES string of the molecule is CC#CCCOc1ccc(CC(=O)O)cc1. The maximum Gasteiger partial charge on any atom is 0.307 e. The predicted octanol–water partition coefficient (Wildman–Crippen LogP) is 2.11. The molecule has 84 valence electrons. The van der Waals surface area contributed by atoms with Crippen molar-refractivity contribution in [2.24, 2.45) is 0 Å². The number of carbonyl (C=O) groups is 1. The first-order chi connectivity index (χ1) is 7.72. The summed E-state index contributed by atoms with van der Waals surface area (Å²) in [5, 5.41) is 8.59. The minimum atomic E-state index is -0.827. The Bertz CT molecular complexity index is 395. The molecular formula is C13H14O3. The van der Waals surface area contributed by atoms with Crippen LogP contribution in [0.2, 0.25) is 0 Å². The van der Waals surface area contributed by atoms with E-state index in [2.05, 4.69) is 11.8 Å². The largest absolute Gasteiger partial charge is 0.493 e. The lowest BCUT2D eigenvalue weighted by Crippen LogP contribution is -2.00. The number of carboxylic acid groups (broad SMARTS) is 1. The standard InChI is InChI=1S/C13H14O3/c1-2-3-4-9-16-12-7-5-11(6-8-12)10-13(14)15/h5-8H,4,9-10H2,1H3,(H,14,15). The van der Waals surface area contributed by atoms with Gasteiger partial charge in [-0.15, -0.1) is 11.8 Å². The smallest absolute Gasteiger partial charge is 0.307 e. The second kappa shape index (κ2) is 6.52. The molecule has 0 amide bonds. The zero-order valence-corrected chi connectivity index (χ0v) is 9.19. The van der Waals surface area contributed by atoms with Crippen LogP contribution in [0.1, 0.15) is 18.9 Å². The summed E-state index contributed by atoms with van der Waals surface area (Å²) < 4.78 is 5.42. The van der Waals surface area contributed by atoms with Crippen molar-refractivity contribution >= 4 is 5.97 Å². The van der Waals surface area contributed by atoms with Crippen molar-refractivity contribution in [3.8, 4) is 17.6 Å². The van der Waals surface area contributed by atoms with Crippen LogP contribution in [0.25, 0.3) is 0 Å². The van der Waals surface area contributed by atoms with Gasteiger partial charge in [-0.2, -0.15) is 0 Å². The molecular weight excluding hydrogens is 204 g/mol. The van der Waals surface area contributed by atoms with E-state index in [0.29, 0.717) is 13.0 Å². The fourth-order valence-corrected chi connectivity index (χ4v) is 1.22. The zero-order valence-electron chi connectivity index (χ0n) is 9.19. The van der Waals surface area contributed by atoms with E-state index in [1.54, 1.807) is 31.2 Å². The van der Waals surface area contributed by atoms with E-state index >= 15 is 0 Å². The van der Waals surface area contributed by atoms with Gasteiger partial charge in [0, 0.05) is 6.42 Å². The van der Waals surface area contributed by atoms with Crippen molar-refractivity contribution in [1.29, 1.82) is 0 Å².